The highest BCUT2D eigenvalue weighted by Crippen LogP contribution is 2.25. The summed E-state index contributed by atoms with van der Waals surface area (Å²) in [6, 6.07) is 4.98. The molecule has 0 unspecified atom stereocenters. The van der Waals surface area contributed by atoms with Crippen LogP contribution in [0.5, 0.6) is 0 Å². The molecule has 0 aliphatic carbocycles. The standard InChI is InChI=1S/C13H22N4O3/c1-10(2)20-7-6-16(3)9-11-4-5-12(15-14)13(8-11)17(18)19/h4-5,8,10,15H,6-7,9,14H2,1-3H3. The van der Waals surface area contributed by atoms with Crippen LogP contribution in [0.1, 0.15) is 19.4 Å². The average Bonchev–Trinajstić information content (AvgIpc) is 2.38. The van der Waals surface area contributed by atoms with Gasteiger partial charge in [-0.15, -0.1) is 0 Å². The number of nitro groups is 1. The van der Waals surface area contributed by atoms with Crippen LogP contribution in [0.15, 0.2) is 18.2 Å². The highest BCUT2D eigenvalue weighted by atomic mass is 16.6. The molecule has 0 radical (unpaired) electrons. The Morgan fingerprint density at radius 1 is 1.50 bits per heavy atom. The summed E-state index contributed by atoms with van der Waals surface area (Å²) in [5.41, 5.74) is 3.49. The summed E-state index contributed by atoms with van der Waals surface area (Å²) in [5, 5.41) is 10.9. The fraction of sp³-hybridized carbons (Fsp3) is 0.538. The Labute approximate surface area is 118 Å². The zero-order chi connectivity index (χ0) is 15.1. The van der Waals surface area contributed by atoms with Crippen LogP contribution in [0.4, 0.5) is 11.4 Å². The summed E-state index contributed by atoms with van der Waals surface area (Å²) in [4.78, 5) is 12.6. The minimum Gasteiger partial charge on any atom is -0.377 e. The molecule has 0 saturated carbocycles. The fourth-order valence-electron chi connectivity index (χ4n) is 1.78. The zero-order valence-electron chi connectivity index (χ0n) is 12.1. The highest BCUT2D eigenvalue weighted by molar-refractivity contribution is 5.61. The molecule has 0 fully saturated rings. The quantitative estimate of drug-likeness (QED) is 0.428. The number of nitro benzene ring substituents is 1. The van der Waals surface area contributed by atoms with E-state index in [1.54, 1.807) is 6.07 Å². The van der Waals surface area contributed by atoms with Crippen LogP contribution >= 0.6 is 0 Å². The van der Waals surface area contributed by atoms with Gasteiger partial charge in [0, 0.05) is 19.2 Å². The molecule has 0 heterocycles. The minimum atomic E-state index is -0.444. The zero-order valence-corrected chi connectivity index (χ0v) is 12.1. The lowest BCUT2D eigenvalue weighted by molar-refractivity contribution is -0.384. The van der Waals surface area contributed by atoms with Crippen molar-refractivity contribution in [3.8, 4) is 0 Å². The topological polar surface area (TPSA) is 93.7 Å². The average molecular weight is 282 g/mol. The first kappa shape index (κ1) is 16.4. The summed E-state index contributed by atoms with van der Waals surface area (Å²) >= 11 is 0. The molecule has 0 aromatic heterocycles. The second-order valence-corrected chi connectivity index (χ2v) is 4.91. The Hall–Kier alpha value is -1.70. The van der Waals surface area contributed by atoms with E-state index in [0.29, 0.717) is 18.8 Å². The molecule has 3 N–H and O–H groups in total. The van der Waals surface area contributed by atoms with Crippen LogP contribution < -0.4 is 11.3 Å². The summed E-state index contributed by atoms with van der Waals surface area (Å²) in [7, 11) is 1.95. The van der Waals surface area contributed by atoms with Gasteiger partial charge in [0.15, 0.2) is 0 Å². The van der Waals surface area contributed by atoms with E-state index in [2.05, 4.69) is 10.3 Å². The monoisotopic (exact) mass is 282 g/mol. The van der Waals surface area contributed by atoms with E-state index >= 15 is 0 Å². The lowest BCUT2D eigenvalue weighted by Crippen LogP contribution is -2.24. The molecule has 7 heteroatoms. The van der Waals surface area contributed by atoms with Crippen molar-refractivity contribution in [1.29, 1.82) is 0 Å². The number of nitrogens with one attached hydrogen (secondary N) is 1. The highest BCUT2D eigenvalue weighted by Gasteiger charge is 2.14. The molecular formula is C13H22N4O3. The van der Waals surface area contributed by atoms with Crippen LogP contribution in [-0.2, 0) is 11.3 Å². The molecule has 0 spiro atoms. The maximum Gasteiger partial charge on any atom is 0.293 e. The van der Waals surface area contributed by atoms with Crippen molar-refractivity contribution >= 4 is 11.4 Å². The lowest BCUT2D eigenvalue weighted by atomic mass is 10.1. The summed E-state index contributed by atoms with van der Waals surface area (Å²) in [5.74, 6) is 5.25. The molecule has 0 atom stereocenters. The molecule has 1 rings (SSSR count). The number of nitrogen functional groups attached to an aromatic ring is 1. The van der Waals surface area contributed by atoms with Crippen LogP contribution in [-0.4, -0.2) is 36.1 Å². The number of ether oxygens (including phenoxy) is 1. The number of nitrogens with zero attached hydrogens (tertiary/aromatic N) is 2. The third-order valence-electron chi connectivity index (χ3n) is 2.79. The van der Waals surface area contributed by atoms with Gasteiger partial charge in [-0.1, -0.05) is 6.07 Å². The molecule has 0 bridgehead atoms. The van der Waals surface area contributed by atoms with E-state index in [-0.39, 0.29) is 11.8 Å². The van der Waals surface area contributed by atoms with Crippen LogP contribution in [0, 0.1) is 10.1 Å². The molecule has 20 heavy (non-hydrogen) atoms. The Balaban J connectivity index is 2.63. The van der Waals surface area contributed by atoms with Crippen molar-refractivity contribution in [2.24, 2.45) is 5.84 Å². The first-order chi connectivity index (χ1) is 9.43. The first-order valence-electron chi connectivity index (χ1n) is 6.48. The van der Waals surface area contributed by atoms with Gasteiger partial charge in [-0.05, 0) is 32.5 Å². The Kier molecular flexibility index (Phi) is 6.37. The second-order valence-electron chi connectivity index (χ2n) is 4.91. The number of hydrogen-bond donors (Lipinski definition) is 2. The molecular weight excluding hydrogens is 260 g/mol. The smallest absolute Gasteiger partial charge is 0.293 e. The second kappa shape index (κ2) is 7.78. The van der Waals surface area contributed by atoms with Crippen molar-refractivity contribution in [3.63, 3.8) is 0 Å². The largest absolute Gasteiger partial charge is 0.377 e. The fourth-order valence-corrected chi connectivity index (χ4v) is 1.78. The van der Waals surface area contributed by atoms with E-state index in [1.807, 2.05) is 27.0 Å². The Morgan fingerprint density at radius 3 is 2.75 bits per heavy atom. The maximum atomic E-state index is 10.9. The molecule has 0 aliphatic rings. The molecule has 0 saturated heterocycles. The number of hydrazine groups is 1. The van der Waals surface area contributed by atoms with E-state index in [0.717, 1.165) is 12.1 Å². The number of benzene rings is 1. The van der Waals surface area contributed by atoms with E-state index in [4.69, 9.17) is 10.6 Å². The van der Waals surface area contributed by atoms with E-state index in [9.17, 15) is 10.1 Å². The third kappa shape index (κ3) is 5.12. The normalized spacial score (nSPS) is 11.1. The Morgan fingerprint density at radius 2 is 2.20 bits per heavy atom. The SMILES string of the molecule is CC(C)OCCN(C)Cc1ccc(NN)c([N+](=O)[O-])c1. The summed E-state index contributed by atoms with van der Waals surface area (Å²) in [6.45, 7) is 6.00. The van der Waals surface area contributed by atoms with E-state index in [1.165, 1.54) is 6.07 Å². The molecule has 7 nitrogen and oxygen atoms in total. The number of hydrogen-bond acceptors (Lipinski definition) is 6. The van der Waals surface area contributed by atoms with Crippen LogP contribution in [0.25, 0.3) is 0 Å². The van der Waals surface area contributed by atoms with Gasteiger partial charge in [0.05, 0.1) is 17.6 Å². The van der Waals surface area contributed by atoms with Gasteiger partial charge in [-0.3, -0.25) is 20.9 Å². The molecule has 112 valence electrons. The molecule has 0 amide bonds. The van der Waals surface area contributed by atoms with Gasteiger partial charge < -0.3 is 10.2 Å². The van der Waals surface area contributed by atoms with Gasteiger partial charge in [0.2, 0.25) is 0 Å². The van der Waals surface area contributed by atoms with Crippen molar-refractivity contribution in [2.75, 3.05) is 25.6 Å². The molecule has 1 aromatic rings. The van der Waals surface area contributed by atoms with Crippen molar-refractivity contribution < 1.29 is 9.66 Å². The van der Waals surface area contributed by atoms with Gasteiger partial charge in [0.1, 0.15) is 5.69 Å². The number of likely N-dealkylation sites (N-methyl/N-ethyl adjacent to an activating group) is 1. The number of nitrogens with two attached hydrogens (primary N) is 1. The van der Waals surface area contributed by atoms with Gasteiger partial charge in [-0.2, -0.15) is 0 Å². The first-order valence-corrected chi connectivity index (χ1v) is 6.48. The molecule has 0 aliphatic heterocycles. The molecule has 1 aromatic carbocycles. The predicted molar refractivity (Wildman–Crippen MR) is 78.3 cm³/mol. The summed E-state index contributed by atoms with van der Waals surface area (Å²) in [6.07, 6.45) is 0.208. The van der Waals surface area contributed by atoms with Crippen LogP contribution in [0.3, 0.4) is 0 Å². The summed E-state index contributed by atoms with van der Waals surface area (Å²) < 4.78 is 5.47. The van der Waals surface area contributed by atoms with E-state index < -0.39 is 4.92 Å². The van der Waals surface area contributed by atoms with Gasteiger partial charge >= 0.3 is 0 Å². The van der Waals surface area contributed by atoms with Crippen molar-refractivity contribution in [2.45, 2.75) is 26.5 Å². The minimum absolute atomic E-state index is 0.0168. The number of rotatable bonds is 8. The lowest BCUT2D eigenvalue weighted by Gasteiger charge is -2.18. The maximum absolute atomic E-state index is 10.9. The third-order valence-corrected chi connectivity index (χ3v) is 2.79. The van der Waals surface area contributed by atoms with Crippen LogP contribution in [0.2, 0.25) is 0 Å². The van der Waals surface area contributed by atoms with Crippen molar-refractivity contribution in [1.82, 2.24) is 4.90 Å². The Bertz CT molecular complexity index is 451. The van der Waals surface area contributed by atoms with Crippen molar-refractivity contribution in [3.05, 3.63) is 33.9 Å². The predicted octanol–water partition coefficient (Wildman–Crippen LogP) is 1.74. The number of anilines is 1. The van der Waals surface area contributed by atoms with Gasteiger partial charge in [-0.25, -0.2) is 0 Å². The van der Waals surface area contributed by atoms with Gasteiger partial charge in [0.25, 0.3) is 5.69 Å².